The first-order valence-corrected chi connectivity index (χ1v) is 16.3. The quantitative estimate of drug-likeness (QED) is 0.197. The van der Waals surface area contributed by atoms with Crippen LogP contribution in [0.1, 0.15) is 55.6 Å². The van der Waals surface area contributed by atoms with Gasteiger partial charge in [0.2, 0.25) is 0 Å². The highest BCUT2D eigenvalue weighted by molar-refractivity contribution is 6.04. The van der Waals surface area contributed by atoms with Crippen LogP contribution in [0.15, 0.2) is 158 Å². The number of nitrogens with zero attached hydrogens (tertiary/aromatic N) is 2. The zero-order chi connectivity index (χ0) is 32.0. The first-order valence-electron chi connectivity index (χ1n) is 16.3. The molecule has 10 rings (SSSR count). The fourth-order valence-electron chi connectivity index (χ4n) is 9.36. The Hall–Kier alpha value is -6.48. The molecule has 2 unspecified atom stereocenters. The van der Waals surface area contributed by atoms with Gasteiger partial charge in [-0.3, -0.25) is 0 Å². The lowest BCUT2D eigenvalue weighted by Gasteiger charge is -2.34. The standard InChI is InChI=1S/C46H26N2/c47-27-29-11-10-14-32(25-29)45(31-12-2-1-3-13-31)38-19-8-5-16-35(38)43-40(45)23-24-41-44(43)36-17-6-9-20-39(36)46(41)37-18-7-4-15-33(37)34-22-21-30(28-48)26-42(34)46/h1-26H. The van der Waals surface area contributed by atoms with Crippen LogP contribution < -0.4 is 0 Å². The Bertz CT molecular complexity index is 2530. The average molecular weight is 607 g/mol. The molecule has 0 aromatic heterocycles. The van der Waals surface area contributed by atoms with E-state index in [2.05, 4.69) is 152 Å². The Labute approximate surface area is 279 Å². The van der Waals surface area contributed by atoms with E-state index < -0.39 is 10.8 Å². The maximum Gasteiger partial charge on any atom is 0.0991 e. The lowest BCUT2D eigenvalue weighted by Crippen LogP contribution is -2.29. The first kappa shape index (κ1) is 26.7. The number of hydrogen-bond donors (Lipinski definition) is 0. The second-order valence-corrected chi connectivity index (χ2v) is 13.0. The van der Waals surface area contributed by atoms with Crippen molar-refractivity contribution in [1.29, 1.82) is 10.5 Å². The fraction of sp³-hybridized carbons (Fsp3) is 0.0435. The monoisotopic (exact) mass is 606 g/mol. The predicted octanol–water partition coefficient (Wildman–Crippen LogP) is 10.1. The van der Waals surface area contributed by atoms with Crippen LogP contribution in [0.4, 0.5) is 0 Å². The third-order valence-electron chi connectivity index (χ3n) is 11.0. The Morgan fingerprint density at radius 1 is 0.333 bits per heavy atom. The van der Waals surface area contributed by atoms with Crippen LogP contribution in [0.3, 0.4) is 0 Å². The molecule has 0 fully saturated rings. The van der Waals surface area contributed by atoms with E-state index in [0.717, 1.165) is 11.1 Å². The number of nitriles is 2. The van der Waals surface area contributed by atoms with Gasteiger partial charge < -0.3 is 0 Å². The van der Waals surface area contributed by atoms with E-state index in [9.17, 15) is 10.5 Å². The lowest BCUT2D eigenvalue weighted by molar-refractivity contribution is 0.763. The van der Waals surface area contributed by atoms with E-state index in [4.69, 9.17) is 0 Å². The maximum absolute atomic E-state index is 10.1. The molecule has 2 atom stereocenters. The van der Waals surface area contributed by atoms with Crippen molar-refractivity contribution in [3.63, 3.8) is 0 Å². The van der Waals surface area contributed by atoms with Crippen LogP contribution >= 0.6 is 0 Å². The van der Waals surface area contributed by atoms with Gasteiger partial charge >= 0.3 is 0 Å². The largest absolute Gasteiger partial charge is 0.192 e. The molecule has 2 heteroatoms. The van der Waals surface area contributed by atoms with Crippen LogP contribution in [0.5, 0.6) is 0 Å². The van der Waals surface area contributed by atoms with Gasteiger partial charge in [-0.25, -0.2) is 0 Å². The van der Waals surface area contributed by atoms with Gasteiger partial charge in [0.1, 0.15) is 0 Å². The van der Waals surface area contributed by atoms with Gasteiger partial charge in [0.25, 0.3) is 0 Å². The molecule has 0 bridgehead atoms. The van der Waals surface area contributed by atoms with E-state index in [0.29, 0.717) is 11.1 Å². The van der Waals surface area contributed by atoms with Gasteiger partial charge in [-0.15, -0.1) is 0 Å². The predicted molar refractivity (Wildman–Crippen MR) is 189 cm³/mol. The van der Waals surface area contributed by atoms with Crippen molar-refractivity contribution in [1.82, 2.24) is 0 Å². The molecular weight excluding hydrogens is 581 g/mol. The topological polar surface area (TPSA) is 47.6 Å². The molecule has 0 amide bonds. The Morgan fingerprint density at radius 2 is 0.833 bits per heavy atom. The molecule has 7 aromatic rings. The van der Waals surface area contributed by atoms with Crippen LogP contribution in [0.2, 0.25) is 0 Å². The summed E-state index contributed by atoms with van der Waals surface area (Å²) in [7, 11) is 0. The summed E-state index contributed by atoms with van der Waals surface area (Å²) in [6, 6.07) is 61.0. The van der Waals surface area contributed by atoms with Crippen LogP contribution in [-0.2, 0) is 10.8 Å². The van der Waals surface area contributed by atoms with Crippen molar-refractivity contribution in [3.05, 3.63) is 213 Å². The molecule has 0 radical (unpaired) electrons. The van der Waals surface area contributed by atoms with Crippen LogP contribution in [0.25, 0.3) is 33.4 Å². The highest BCUT2D eigenvalue weighted by Crippen LogP contribution is 2.67. The van der Waals surface area contributed by atoms with Crippen molar-refractivity contribution in [3.8, 4) is 45.5 Å². The smallest absolute Gasteiger partial charge is 0.0991 e. The van der Waals surface area contributed by atoms with Gasteiger partial charge in [0.15, 0.2) is 0 Å². The van der Waals surface area contributed by atoms with Gasteiger partial charge in [-0.05, 0) is 102 Å². The minimum absolute atomic E-state index is 0.562. The van der Waals surface area contributed by atoms with Gasteiger partial charge in [0, 0.05) is 0 Å². The molecule has 220 valence electrons. The van der Waals surface area contributed by atoms with E-state index in [1.54, 1.807) is 0 Å². The fourth-order valence-corrected chi connectivity index (χ4v) is 9.36. The van der Waals surface area contributed by atoms with E-state index >= 15 is 0 Å². The average Bonchev–Trinajstić information content (AvgIpc) is 3.75. The number of hydrogen-bond acceptors (Lipinski definition) is 2. The molecule has 7 aromatic carbocycles. The molecular formula is C46H26N2. The minimum atomic E-state index is -0.626. The Balaban J connectivity index is 1.40. The second kappa shape index (κ2) is 9.52. The number of benzene rings is 7. The summed E-state index contributed by atoms with van der Waals surface area (Å²) >= 11 is 0. The van der Waals surface area contributed by atoms with Gasteiger partial charge in [-0.1, -0.05) is 133 Å². The molecule has 3 aliphatic carbocycles. The Kier molecular flexibility index (Phi) is 5.30. The highest BCUT2D eigenvalue weighted by atomic mass is 14.6. The van der Waals surface area contributed by atoms with Crippen molar-refractivity contribution in [2.75, 3.05) is 0 Å². The highest BCUT2D eigenvalue weighted by Gasteiger charge is 2.55. The zero-order valence-corrected chi connectivity index (χ0v) is 25.9. The van der Waals surface area contributed by atoms with E-state index in [1.807, 2.05) is 18.2 Å². The molecule has 0 saturated heterocycles. The van der Waals surface area contributed by atoms with E-state index in [1.165, 1.54) is 66.8 Å². The Morgan fingerprint density at radius 3 is 1.50 bits per heavy atom. The van der Waals surface area contributed by atoms with Gasteiger partial charge in [0.05, 0.1) is 34.1 Å². The van der Waals surface area contributed by atoms with Crippen molar-refractivity contribution in [2.24, 2.45) is 0 Å². The zero-order valence-electron chi connectivity index (χ0n) is 25.9. The summed E-state index contributed by atoms with van der Waals surface area (Å²) < 4.78 is 0. The summed E-state index contributed by atoms with van der Waals surface area (Å²) in [5, 5.41) is 20.1. The second-order valence-electron chi connectivity index (χ2n) is 13.0. The number of rotatable bonds is 2. The SMILES string of the molecule is N#Cc1cccc(C2(c3ccccc3)c3ccccc3-c3c2ccc2c3-c3ccccc3C23c2ccccc2-c2ccc(C#N)cc23)c1. The summed E-state index contributed by atoms with van der Waals surface area (Å²) in [5.41, 5.74) is 17.0. The lowest BCUT2D eigenvalue weighted by atomic mass is 9.66. The minimum Gasteiger partial charge on any atom is -0.192 e. The molecule has 0 saturated carbocycles. The normalized spacial score (nSPS) is 18.5. The van der Waals surface area contributed by atoms with Crippen LogP contribution in [-0.4, -0.2) is 0 Å². The summed E-state index contributed by atoms with van der Waals surface area (Å²) in [5.74, 6) is 0. The molecule has 3 aliphatic rings. The van der Waals surface area contributed by atoms with Crippen molar-refractivity contribution >= 4 is 0 Å². The third-order valence-corrected chi connectivity index (χ3v) is 11.0. The van der Waals surface area contributed by atoms with Crippen LogP contribution in [0, 0.1) is 22.7 Å². The van der Waals surface area contributed by atoms with Crippen molar-refractivity contribution < 1.29 is 0 Å². The summed E-state index contributed by atoms with van der Waals surface area (Å²) in [6.45, 7) is 0. The summed E-state index contributed by atoms with van der Waals surface area (Å²) in [4.78, 5) is 0. The molecule has 0 aliphatic heterocycles. The maximum atomic E-state index is 10.1. The molecule has 1 spiro atoms. The molecule has 0 heterocycles. The van der Waals surface area contributed by atoms with Gasteiger partial charge in [-0.2, -0.15) is 10.5 Å². The third kappa shape index (κ3) is 3.06. The first-order chi connectivity index (χ1) is 23.7. The summed E-state index contributed by atoms with van der Waals surface area (Å²) in [6.07, 6.45) is 0. The number of fused-ring (bicyclic) bond motifs is 14. The van der Waals surface area contributed by atoms with E-state index in [-0.39, 0.29) is 0 Å². The molecule has 48 heavy (non-hydrogen) atoms. The molecule has 0 N–H and O–H groups in total. The van der Waals surface area contributed by atoms with Crippen molar-refractivity contribution in [2.45, 2.75) is 10.8 Å². The molecule has 2 nitrogen and oxygen atoms in total.